The summed E-state index contributed by atoms with van der Waals surface area (Å²) in [5.41, 5.74) is 4.69. The first-order chi connectivity index (χ1) is 36.0. The van der Waals surface area contributed by atoms with Crippen LogP contribution in [0.4, 0.5) is 17.6 Å². The minimum Gasteiger partial charge on any atom is -0.491 e. The first-order valence-corrected chi connectivity index (χ1v) is 28.0. The number of likely N-dealkylation sites (tertiary alicyclic amines) is 1. The summed E-state index contributed by atoms with van der Waals surface area (Å²) in [6.45, 7) is 14.3. The molecule has 5 N–H and O–H groups in total. The molecule has 21 heteroatoms. The number of piperazine rings is 1. The number of sulfone groups is 1. The summed E-state index contributed by atoms with van der Waals surface area (Å²) in [7, 11) is -2.14. The zero-order chi connectivity index (χ0) is 53.0. The van der Waals surface area contributed by atoms with Gasteiger partial charge in [-0.05, 0) is 104 Å². The Morgan fingerprint density at radius 3 is 2.37 bits per heavy atom. The molecule has 75 heavy (non-hydrogen) atoms. The van der Waals surface area contributed by atoms with E-state index < -0.39 is 38.8 Å². The lowest BCUT2D eigenvalue weighted by atomic mass is 9.83. The summed E-state index contributed by atoms with van der Waals surface area (Å²) >= 11 is 0. The van der Waals surface area contributed by atoms with Crippen LogP contribution in [-0.4, -0.2) is 148 Å². The Morgan fingerprint density at radius 2 is 1.67 bits per heavy atom. The third-order valence-corrected chi connectivity index (χ3v) is 18.1. The molecule has 2 saturated heterocycles. The quantitative estimate of drug-likeness (QED) is 0.0773. The van der Waals surface area contributed by atoms with E-state index in [0.717, 1.165) is 68.2 Å². The highest BCUT2D eigenvalue weighted by molar-refractivity contribution is 7.92. The van der Waals surface area contributed by atoms with Crippen LogP contribution in [-0.2, 0) is 30.6 Å². The summed E-state index contributed by atoms with van der Waals surface area (Å²) in [5.74, 6) is 1.46. The van der Waals surface area contributed by atoms with E-state index in [2.05, 4.69) is 63.4 Å². The first-order valence-electron chi connectivity index (χ1n) is 26.6. The molecular weight excluding hydrogens is 975 g/mol. The molecule has 3 fully saturated rings. The fraction of sp³-hybridized carbons (Fsp3) is 0.556. The molecule has 3 aromatic heterocycles. The smallest absolute Gasteiger partial charge is 0.246 e. The molecule has 9 rings (SSSR count). The number of amides is 3. The standard InChI is InChI=1S/C54H73N13O7S/c1-33-34(2)63-64-48(33)62-49-41-27-46(75(71,72)54(4,5)6)45(28-43(41)58-32-59-49)73-25-24-65-20-22-66(23-21-65)53-56-29-39(30-57-53)74-38-26-44(51(69)60-42-19-13-17-36-14-11-12-18-40(36)42)67(31-38)52(70)47(37-15-9-8-10-16-37)61-50(68)35(3)55-7/h11-12,14,18,27-30,32,35,37-38,42,44,47,55H,8-10,13,15-17,19-26,31H2,1-7H3,(H,60,69)(H,61,68)(H2,58,59,62,63,64)/t35?,38-,42+,44-,47?/m0/s1. The number of rotatable bonds is 17. The summed E-state index contributed by atoms with van der Waals surface area (Å²) < 4.78 is 39.8. The van der Waals surface area contributed by atoms with Gasteiger partial charge in [0.2, 0.25) is 23.7 Å². The minimum atomic E-state index is -3.85. The van der Waals surface area contributed by atoms with Gasteiger partial charge in [-0.3, -0.25) is 24.4 Å². The van der Waals surface area contributed by atoms with Gasteiger partial charge < -0.3 is 40.5 Å². The van der Waals surface area contributed by atoms with Gasteiger partial charge in [0.15, 0.2) is 21.4 Å². The number of likely N-dealkylation sites (N-methyl/N-ethyl adjacent to an activating group) is 1. The largest absolute Gasteiger partial charge is 0.491 e. The number of hydrogen-bond acceptors (Lipinski definition) is 16. The fourth-order valence-corrected chi connectivity index (χ4v) is 12.0. The molecule has 2 aromatic carbocycles. The number of ether oxygens (including phenoxy) is 2. The van der Waals surface area contributed by atoms with Crippen molar-refractivity contribution in [2.24, 2.45) is 5.92 Å². The van der Waals surface area contributed by atoms with E-state index in [4.69, 9.17) is 19.4 Å². The number of anilines is 3. The van der Waals surface area contributed by atoms with Crippen molar-refractivity contribution >= 4 is 56.0 Å². The average molecular weight is 1050 g/mol. The molecule has 4 aliphatic rings. The maximum atomic E-state index is 14.8. The van der Waals surface area contributed by atoms with Crippen molar-refractivity contribution in [3.63, 3.8) is 0 Å². The normalized spacial score (nSPS) is 20.5. The number of nitrogens with zero attached hydrogens (tertiary/aromatic N) is 8. The summed E-state index contributed by atoms with van der Waals surface area (Å²) in [6.07, 6.45) is 11.9. The van der Waals surface area contributed by atoms with Crippen LogP contribution < -0.4 is 35.6 Å². The zero-order valence-corrected chi connectivity index (χ0v) is 45.1. The second-order valence-electron chi connectivity index (χ2n) is 21.5. The van der Waals surface area contributed by atoms with Crippen molar-refractivity contribution in [3.05, 3.63) is 77.5 Å². The Hall–Kier alpha value is -6.45. The SMILES string of the molecule is CNC(C)C(=O)NC(C(=O)N1C[C@@H](Oc2cnc(N3CCN(CCOc4cc5ncnc(Nc6n[nH]c(C)c6C)c5cc4S(=O)(=O)C(C)(C)C)CC3)nc2)C[C@H]1C(=O)N[C@@H]1CCCc2ccccc21)C1CCCCC1. The van der Waals surface area contributed by atoms with E-state index in [1.807, 2.05) is 26.0 Å². The second-order valence-corrected chi connectivity index (χ2v) is 24.2. The van der Waals surface area contributed by atoms with Gasteiger partial charge in [-0.25, -0.2) is 28.4 Å². The van der Waals surface area contributed by atoms with Gasteiger partial charge in [0.05, 0.1) is 41.3 Å². The number of aromatic nitrogens is 6. The molecule has 0 spiro atoms. The molecule has 0 radical (unpaired) electrons. The van der Waals surface area contributed by atoms with Crippen LogP contribution in [0.1, 0.15) is 107 Å². The Balaban J connectivity index is 0.838. The van der Waals surface area contributed by atoms with E-state index >= 15 is 0 Å². The number of H-pyrrole nitrogens is 1. The number of carbonyl (C=O) groups excluding carboxylic acids is 3. The van der Waals surface area contributed by atoms with Crippen LogP contribution in [0, 0.1) is 19.8 Å². The lowest BCUT2D eigenvalue weighted by Gasteiger charge is -2.35. The monoisotopic (exact) mass is 1050 g/mol. The van der Waals surface area contributed by atoms with E-state index in [0.29, 0.717) is 67.0 Å². The molecule has 2 aliphatic carbocycles. The topological polar surface area (TPSA) is 242 Å². The number of aryl methyl sites for hydroxylation is 2. The predicted molar refractivity (Wildman–Crippen MR) is 286 cm³/mol. The van der Waals surface area contributed by atoms with Crippen molar-refractivity contribution in [1.82, 2.24) is 55.9 Å². The number of carbonyl (C=O) groups is 3. The van der Waals surface area contributed by atoms with Gasteiger partial charge in [-0.2, -0.15) is 5.10 Å². The third kappa shape index (κ3) is 11.8. The third-order valence-electron chi connectivity index (χ3n) is 15.6. The van der Waals surface area contributed by atoms with Gasteiger partial charge in [0.25, 0.3) is 0 Å². The fourth-order valence-electron chi connectivity index (χ4n) is 10.7. The highest BCUT2D eigenvalue weighted by Gasteiger charge is 2.46. The number of fused-ring (bicyclic) bond motifs is 2. The van der Waals surface area contributed by atoms with Crippen molar-refractivity contribution in [2.45, 2.75) is 139 Å². The van der Waals surface area contributed by atoms with Gasteiger partial charge in [0, 0.05) is 61.9 Å². The minimum absolute atomic E-state index is 0.0380. The second kappa shape index (κ2) is 22.8. The lowest BCUT2D eigenvalue weighted by Crippen LogP contribution is -2.58. The molecule has 1 saturated carbocycles. The zero-order valence-electron chi connectivity index (χ0n) is 44.3. The van der Waals surface area contributed by atoms with E-state index in [1.54, 1.807) is 64.2 Å². The number of nitrogens with one attached hydrogen (secondary N) is 5. The van der Waals surface area contributed by atoms with Gasteiger partial charge >= 0.3 is 0 Å². The highest BCUT2D eigenvalue weighted by Crippen LogP contribution is 2.38. The van der Waals surface area contributed by atoms with Gasteiger partial charge in [-0.1, -0.05) is 43.5 Å². The maximum absolute atomic E-state index is 14.8. The molecule has 0 bridgehead atoms. The van der Waals surface area contributed by atoms with Crippen molar-refractivity contribution in [1.29, 1.82) is 0 Å². The number of hydrogen-bond donors (Lipinski definition) is 5. The lowest BCUT2D eigenvalue weighted by molar-refractivity contribution is -0.143. The molecule has 402 valence electrons. The molecule has 5 atom stereocenters. The molecule has 20 nitrogen and oxygen atoms in total. The van der Waals surface area contributed by atoms with Crippen LogP contribution in [0.5, 0.6) is 11.5 Å². The molecule has 5 aromatic rings. The van der Waals surface area contributed by atoms with Crippen LogP contribution in [0.25, 0.3) is 10.9 Å². The summed E-state index contributed by atoms with van der Waals surface area (Å²) in [6, 6.07) is 9.25. The molecule has 5 heterocycles. The molecule has 2 unspecified atom stereocenters. The Labute approximate surface area is 439 Å². The molecule has 2 aliphatic heterocycles. The van der Waals surface area contributed by atoms with E-state index in [-0.39, 0.29) is 59.9 Å². The summed E-state index contributed by atoms with van der Waals surface area (Å²) in [5, 5.41) is 20.5. The Morgan fingerprint density at radius 1 is 0.920 bits per heavy atom. The highest BCUT2D eigenvalue weighted by atomic mass is 32.2. The van der Waals surface area contributed by atoms with Crippen molar-refractivity contribution < 1.29 is 32.3 Å². The van der Waals surface area contributed by atoms with Crippen LogP contribution in [0.15, 0.2) is 60.0 Å². The van der Waals surface area contributed by atoms with Crippen molar-refractivity contribution in [3.8, 4) is 11.5 Å². The van der Waals surface area contributed by atoms with Crippen LogP contribution in [0.3, 0.4) is 0 Å². The van der Waals surface area contributed by atoms with Gasteiger partial charge in [0.1, 0.15) is 47.6 Å². The molecular formula is C54H73N13O7S. The maximum Gasteiger partial charge on any atom is 0.246 e. The van der Waals surface area contributed by atoms with Crippen LogP contribution in [0.2, 0.25) is 0 Å². The van der Waals surface area contributed by atoms with E-state index in [1.165, 1.54) is 11.9 Å². The number of benzene rings is 2. The van der Waals surface area contributed by atoms with Gasteiger partial charge in [-0.15, -0.1) is 0 Å². The van der Waals surface area contributed by atoms with E-state index in [9.17, 15) is 22.8 Å². The van der Waals surface area contributed by atoms with Crippen LogP contribution >= 0.6 is 0 Å². The predicted octanol–water partition coefficient (Wildman–Crippen LogP) is 5.49. The Bertz CT molecular complexity index is 2950. The first kappa shape index (κ1) is 53.4. The number of aromatic amines is 1. The van der Waals surface area contributed by atoms with Crippen molar-refractivity contribution in [2.75, 3.05) is 63.1 Å². The Kier molecular flexibility index (Phi) is 16.2. The molecule has 3 amide bonds. The average Bonchev–Trinajstić information content (AvgIpc) is 3.98. The summed E-state index contributed by atoms with van der Waals surface area (Å²) in [4.78, 5) is 67.0.